The van der Waals surface area contributed by atoms with E-state index >= 15 is 0 Å². The predicted octanol–water partition coefficient (Wildman–Crippen LogP) is 2.69. The first kappa shape index (κ1) is 8.60. The summed E-state index contributed by atoms with van der Waals surface area (Å²) in [5.74, 6) is 1.55. The van der Waals surface area contributed by atoms with Crippen molar-refractivity contribution in [3.63, 3.8) is 0 Å². The van der Waals surface area contributed by atoms with Crippen molar-refractivity contribution in [3.05, 3.63) is 12.0 Å². The van der Waals surface area contributed by atoms with E-state index in [1.54, 1.807) is 6.20 Å². The van der Waals surface area contributed by atoms with Gasteiger partial charge in [-0.15, -0.1) is 0 Å². The van der Waals surface area contributed by atoms with Crippen molar-refractivity contribution in [2.75, 3.05) is 5.73 Å². The van der Waals surface area contributed by atoms with Gasteiger partial charge >= 0.3 is 0 Å². The molecule has 3 nitrogen and oxygen atoms in total. The molecular weight excluding hydrogens is 164 g/mol. The first-order valence-electron chi connectivity index (χ1n) is 5.07. The smallest absolute Gasteiger partial charge is 0.292 e. The molecule has 13 heavy (non-hydrogen) atoms. The molecule has 0 amide bonds. The average Bonchev–Trinajstić information content (AvgIpc) is 2.43. The van der Waals surface area contributed by atoms with Gasteiger partial charge in [0.2, 0.25) is 0 Å². The van der Waals surface area contributed by atoms with Crippen LogP contribution in [0.25, 0.3) is 0 Å². The fraction of sp³-hybridized carbons (Fsp3) is 0.700. The largest absolute Gasteiger partial charge is 0.429 e. The molecule has 3 heteroatoms. The molecule has 1 aliphatic carbocycles. The predicted molar refractivity (Wildman–Crippen MR) is 51.4 cm³/mol. The molecular formula is C10H16N2O. The van der Waals surface area contributed by atoms with E-state index in [1.807, 2.05) is 0 Å². The molecule has 0 atom stereocenters. The van der Waals surface area contributed by atoms with Crippen LogP contribution in [0, 0.1) is 0 Å². The number of nitrogens with zero attached hydrogens (tertiary/aromatic N) is 1. The number of nitrogen functional groups attached to an aromatic ring is 1. The molecule has 1 aromatic rings. The van der Waals surface area contributed by atoms with Crippen LogP contribution in [0.15, 0.2) is 10.6 Å². The summed E-state index contributed by atoms with van der Waals surface area (Å²) < 4.78 is 5.35. The lowest BCUT2D eigenvalue weighted by Gasteiger charge is -2.08. The Bertz CT molecular complexity index is 262. The van der Waals surface area contributed by atoms with Crippen LogP contribution in [-0.4, -0.2) is 4.98 Å². The fourth-order valence-corrected chi connectivity index (χ4v) is 2.05. The monoisotopic (exact) mass is 180 g/mol. The summed E-state index contributed by atoms with van der Waals surface area (Å²) in [5.41, 5.74) is 5.45. The lowest BCUT2D eigenvalue weighted by molar-refractivity contribution is 0.443. The second-order valence-electron chi connectivity index (χ2n) is 3.79. The van der Waals surface area contributed by atoms with E-state index in [2.05, 4.69) is 4.98 Å². The molecule has 72 valence electrons. The van der Waals surface area contributed by atoms with Crippen molar-refractivity contribution < 1.29 is 4.42 Å². The van der Waals surface area contributed by atoms with Gasteiger partial charge in [-0.2, -0.15) is 0 Å². The molecule has 0 aliphatic heterocycles. The van der Waals surface area contributed by atoms with Crippen LogP contribution < -0.4 is 5.73 Å². The number of rotatable bonds is 1. The Labute approximate surface area is 78.3 Å². The first-order chi connectivity index (χ1) is 6.36. The van der Waals surface area contributed by atoms with Gasteiger partial charge in [0.05, 0.1) is 6.20 Å². The van der Waals surface area contributed by atoms with E-state index in [-0.39, 0.29) is 0 Å². The van der Waals surface area contributed by atoms with Gasteiger partial charge in [0.1, 0.15) is 5.76 Å². The zero-order valence-corrected chi connectivity index (χ0v) is 7.83. The van der Waals surface area contributed by atoms with Crippen LogP contribution in [0.1, 0.15) is 50.2 Å². The SMILES string of the molecule is Nc1ncc(C2CCCCCC2)o1. The van der Waals surface area contributed by atoms with Crippen LogP contribution in [-0.2, 0) is 0 Å². The van der Waals surface area contributed by atoms with E-state index < -0.39 is 0 Å². The lowest BCUT2D eigenvalue weighted by Crippen LogP contribution is -1.94. The van der Waals surface area contributed by atoms with Gasteiger partial charge in [-0.1, -0.05) is 25.7 Å². The second-order valence-corrected chi connectivity index (χ2v) is 3.79. The highest BCUT2D eigenvalue weighted by Crippen LogP contribution is 2.31. The zero-order valence-electron chi connectivity index (χ0n) is 7.83. The highest BCUT2D eigenvalue weighted by molar-refractivity contribution is 5.13. The molecule has 0 aromatic carbocycles. The molecule has 1 aromatic heterocycles. The minimum atomic E-state index is 0.305. The summed E-state index contributed by atoms with van der Waals surface area (Å²) in [4.78, 5) is 3.93. The standard InChI is InChI=1S/C10H16N2O/c11-10-12-7-9(13-10)8-5-3-1-2-4-6-8/h7-8H,1-6H2,(H2,11,12). The van der Waals surface area contributed by atoms with Crippen LogP contribution in [0.2, 0.25) is 0 Å². The Hall–Kier alpha value is -0.990. The fourth-order valence-electron chi connectivity index (χ4n) is 2.05. The minimum absolute atomic E-state index is 0.305. The van der Waals surface area contributed by atoms with Crippen molar-refractivity contribution >= 4 is 6.01 Å². The van der Waals surface area contributed by atoms with Crippen molar-refractivity contribution in [1.82, 2.24) is 4.98 Å². The van der Waals surface area contributed by atoms with E-state index in [1.165, 1.54) is 38.5 Å². The van der Waals surface area contributed by atoms with Gasteiger partial charge in [-0.05, 0) is 12.8 Å². The van der Waals surface area contributed by atoms with Gasteiger partial charge < -0.3 is 10.2 Å². The molecule has 0 bridgehead atoms. The number of hydrogen-bond donors (Lipinski definition) is 1. The van der Waals surface area contributed by atoms with Crippen molar-refractivity contribution in [1.29, 1.82) is 0 Å². The van der Waals surface area contributed by atoms with E-state index in [9.17, 15) is 0 Å². The summed E-state index contributed by atoms with van der Waals surface area (Å²) in [6.07, 6.45) is 9.59. The topological polar surface area (TPSA) is 52.0 Å². The number of aromatic nitrogens is 1. The van der Waals surface area contributed by atoms with Gasteiger partial charge in [-0.3, -0.25) is 0 Å². The van der Waals surface area contributed by atoms with E-state index in [0.717, 1.165) is 5.76 Å². The van der Waals surface area contributed by atoms with E-state index in [0.29, 0.717) is 11.9 Å². The normalized spacial score (nSPS) is 20.0. The zero-order chi connectivity index (χ0) is 9.10. The summed E-state index contributed by atoms with van der Waals surface area (Å²) in [6.45, 7) is 0. The van der Waals surface area contributed by atoms with Gasteiger partial charge in [0.25, 0.3) is 6.01 Å². The summed E-state index contributed by atoms with van der Waals surface area (Å²) >= 11 is 0. The lowest BCUT2D eigenvalue weighted by atomic mass is 9.98. The van der Waals surface area contributed by atoms with Gasteiger partial charge in [0, 0.05) is 5.92 Å². The van der Waals surface area contributed by atoms with Crippen LogP contribution in [0.5, 0.6) is 0 Å². The molecule has 0 saturated heterocycles. The second kappa shape index (κ2) is 3.81. The molecule has 0 unspecified atom stereocenters. The molecule has 1 fully saturated rings. The molecule has 1 heterocycles. The first-order valence-corrected chi connectivity index (χ1v) is 5.07. The number of oxazole rings is 1. The third-order valence-corrected chi connectivity index (χ3v) is 2.80. The maximum Gasteiger partial charge on any atom is 0.292 e. The molecule has 0 radical (unpaired) electrons. The van der Waals surface area contributed by atoms with Crippen LogP contribution >= 0.6 is 0 Å². The summed E-state index contributed by atoms with van der Waals surface area (Å²) in [7, 11) is 0. The maximum absolute atomic E-state index is 5.45. The molecule has 2 rings (SSSR count). The maximum atomic E-state index is 5.45. The summed E-state index contributed by atoms with van der Waals surface area (Å²) in [6, 6.07) is 0.305. The van der Waals surface area contributed by atoms with Gasteiger partial charge in [0.15, 0.2) is 0 Å². The molecule has 0 spiro atoms. The third kappa shape index (κ3) is 2.02. The van der Waals surface area contributed by atoms with Crippen LogP contribution in [0.3, 0.4) is 0 Å². The Morgan fingerprint density at radius 2 is 1.92 bits per heavy atom. The van der Waals surface area contributed by atoms with Crippen LogP contribution in [0.4, 0.5) is 6.01 Å². The molecule has 2 N–H and O–H groups in total. The van der Waals surface area contributed by atoms with Crippen molar-refractivity contribution in [2.45, 2.75) is 44.4 Å². The Kier molecular flexibility index (Phi) is 2.52. The molecule has 1 aliphatic rings. The summed E-state index contributed by atoms with van der Waals surface area (Å²) in [5, 5.41) is 0. The van der Waals surface area contributed by atoms with E-state index in [4.69, 9.17) is 10.2 Å². The third-order valence-electron chi connectivity index (χ3n) is 2.80. The number of hydrogen-bond acceptors (Lipinski definition) is 3. The Balaban J connectivity index is 2.06. The quantitative estimate of drug-likeness (QED) is 0.676. The highest BCUT2D eigenvalue weighted by atomic mass is 16.4. The van der Waals surface area contributed by atoms with Crippen molar-refractivity contribution in [3.8, 4) is 0 Å². The highest BCUT2D eigenvalue weighted by Gasteiger charge is 2.17. The molecule has 1 saturated carbocycles. The van der Waals surface area contributed by atoms with Gasteiger partial charge in [-0.25, -0.2) is 4.98 Å². The van der Waals surface area contributed by atoms with Crippen molar-refractivity contribution in [2.24, 2.45) is 0 Å². The Morgan fingerprint density at radius 1 is 1.23 bits per heavy atom. The minimum Gasteiger partial charge on any atom is -0.429 e. The average molecular weight is 180 g/mol. The number of anilines is 1. The Morgan fingerprint density at radius 3 is 2.46 bits per heavy atom. The number of nitrogens with two attached hydrogens (primary N) is 1.